The van der Waals surface area contributed by atoms with Gasteiger partial charge in [-0.15, -0.1) is 0 Å². The maximum absolute atomic E-state index is 14.0. The number of sulfone groups is 1. The molecule has 0 saturated carbocycles. The number of alkyl halides is 6. The Balaban J connectivity index is 1.14. The first-order valence-corrected chi connectivity index (χ1v) is 17.8. The lowest BCUT2D eigenvalue weighted by atomic mass is 10.1. The molecule has 2 saturated heterocycles. The van der Waals surface area contributed by atoms with E-state index in [4.69, 9.17) is 9.47 Å². The maximum atomic E-state index is 14.0. The molecule has 2 aliphatic heterocycles. The zero-order valence-electron chi connectivity index (χ0n) is 27.4. The van der Waals surface area contributed by atoms with Gasteiger partial charge in [-0.2, -0.15) is 26.3 Å². The van der Waals surface area contributed by atoms with Gasteiger partial charge in [-0.1, -0.05) is 12.1 Å². The molecule has 0 aromatic heterocycles. The molecule has 2 heterocycles. The predicted molar refractivity (Wildman–Crippen MR) is 178 cm³/mol. The number of halogens is 6. The minimum absolute atomic E-state index is 0.00234. The van der Waals surface area contributed by atoms with Crippen molar-refractivity contribution in [2.75, 3.05) is 52.4 Å². The number of rotatable bonds is 10. The van der Waals surface area contributed by atoms with Crippen molar-refractivity contribution in [1.29, 1.82) is 0 Å². The lowest BCUT2D eigenvalue weighted by Gasteiger charge is -2.27. The SMILES string of the molecule is O=S(=O)(c1ccc(Oc2ccc(CN3CCNCC3)cc2C(F)(F)F)cc1)c1ccc(Oc2ccc(CN3CCNCC3)cc2C(F)(F)F)cc1. The molecule has 0 amide bonds. The zero-order chi connectivity index (χ0) is 36.2. The second kappa shape index (κ2) is 15.2. The van der Waals surface area contributed by atoms with Crippen LogP contribution < -0.4 is 20.1 Å². The molecular weight excluding hydrogens is 698 g/mol. The summed E-state index contributed by atoms with van der Waals surface area (Å²) in [4.78, 5) is 3.79. The van der Waals surface area contributed by atoms with Gasteiger partial charge in [-0.3, -0.25) is 9.80 Å². The summed E-state index contributed by atoms with van der Waals surface area (Å²) in [6.07, 6.45) is -9.37. The third kappa shape index (κ3) is 9.21. The summed E-state index contributed by atoms with van der Waals surface area (Å²) in [6, 6.07) is 17.6. The smallest absolute Gasteiger partial charge is 0.419 e. The highest BCUT2D eigenvalue weighted by Crippen LogP contribution is 2.41. The van der Waals surface area contributed by atoms with Crippen molar-refractivity contribution in [3.63, 3.8) is 0 Å². The summed E-state index contributed by atoms with van der Waals surface area (Å²) in [5.74, 6) is -0.837. The van der Waals surface area contributed by atoms with E-state index < -0.39 is 44.8 Å². The third-order valence-corrected chi connectivity index (χ3v) is 10.4. The molecule has 0 bridgehead atoms. The monoisotopic (exact) mass is 734 g/mol. The Labute approximate surface area is 291 Å². The summed E-state index contributed by atoms with van der Waals surface area (Å²) in [7, 11) is -4.11. The molecule has 0 unspecified atom stereocenters. The second-order valence-corrected chi connectivity index (χ2v) is 14.3. The van der Waals surface area contributed by atoms with E-state index in [1.54, 1.807) is 12.1 Å². The molecule has 0 spiro atoms. The highest BCUT2D eigenvalue weighted by Gasteiger charge is 2.36. The highest BCUT2D eigenvalue weighted by atomic mass is 32.2. The Hall–Kier alpha value is -4.15. The first-order valence-electron chi connectivity index (χ1n) is 16.3. The first-order chi connectivity index (χ1) is 24.3. The van der Waals surface area contributed by atoms with E-state index in [0.717, 1.165) is 64.5 Å². The van der Waals surface area contributed by atoms with Crippen LogP contribution >= 0.6 is 0 Å². The van der Waals surface area contributed by atoms with Crippen molar-refractivity contribution >= 4 is 9.84 Å². The molecule has 4 aromatic rings. The van der Waals surface area contributed by atoms with Crippen LogP contribution in [0.3, 0.4) is 0 Å². The van der Waals surface area contributed by atoms with Crippen LogP contribution in [0.15, 0.2) is 94.7 Å². The Morgan fingerprint density at radius 2 is 0.902 bits per heavy atom. The maximum Gasteiger partial charge on any atom is 0.419 e. The van der Waals surface area contributed by atoms with E-state index in [-0.39, 0.29) is 21.3 Å². The van der Waals surface area contributed by atoms with E-state index in [1.165, 1.54) is 60.7 Å². The summed E-state index contributed by atoms with van der Waals surface area (Å²) in [5.41, 5.74) is -0.894. The quantitative estimate of drug-likeness (QED) is 0.170. The summed E-state index contributed by atoms with van der Waals surface area (Å²) in [6.45, 7) is 6.67. The minimum atomic E-state index is -4.68. The largest absolute Gasteiger partial charge is 0.457 e. The van der Waals surface area contributed by atoms with Crippen LogP contribution in [-0.2, 0) is 35.3 Å². The minimum Gasteiger partial charge on any atom is -0.457 e. The van der Waals surface area contributed by atoms with E-state index in [2.05, 4.69) is 20.4 Å². The molecule has 8 nitrogen and oxygen atoms in total. The lowest BCUT2D eigenvalue weighted by molar-refractivity contribution is -0.139. The van der Waals surface area contributed by atoms with Crippen molar-refractivity contribution in [3.8, 4) is 23.0 Å². The fourth-order valence-electron chi connectivity index (χ4n) is 5.99. The van der Waals surface area contributed by atoms with Gasteiger partial charge in [-0.05, 0) is 83.9 Å². The van der Waals surface area contributed by atoms with Gasteiger partial charge < -0.3 is 20.1 Å². The van der Waals surface area contributed by atoms with Gasteiger partial charge in [0.2, 0.25) is 9.84 Å². The van der Waals surface area contributed by atoms with Crippen LogP contribution in [0.25, 0.3) is 0 Å². The molecule has 0 atom stereocenters. The molecule has 2 fully saturated rings. The van der Waals surface area contributed by atoms with Gasteiger partial charge in [0.15, 0.2) is 0 Å². The Morgan fingerprint density at radius 1 is 0.549 bits per heavy atom. The summed E-state index contributed by atoms with van der Waals surface area (Å²) < 4.78 is 122. The molecule has 51 heavy (non-hydrogen) atoms. The molecule has 6 rings (SSSR count). The molecule has 272 valence electrons. The van der Waals surface area contributed by atoms with E-state index >= 15 is 0 Å². The fourth-order valence-corrected chi connectivity index (χ4v) is 7.25. The normalized spacial score (nSPS) is 16.6. The molecule has 15 heteroatoms. The average Bonchev–Trinajstić information content (AvgIpc) is 3.10. The highest BCUT2D eigenvalue weighted by molar-refractivity contribution is 7.91. The zero-order valence-corrected chi connectivity index (χ0v) is 28.2. The van der Waals surface area contributed by atoms with Gasteiger partial charge in [0.25, 0.3) is 0 Å². The van der Waals surface area contributed by atoms with Crippen LogP contribution in [0, 0.1) is 0 Å². The van der Waals surface area contributed by atoms with Crippen LogP contribution in [0.4, 0.5) is 26.3 Å². The van der Waals surface area contributed by atoms with Gasteiger partial charge in [0.05, 0.1) is 20.9 Å². The predicted octanol–water partition coefficient (Wildman–Crippen LogP) is 6.95. The number of benzene rings is 4. The van der Waals surface area contributed by atoms with Crippen LogP contribution in [0.5, 0.6) is 23.0 Å². The van der Waals surface area contributed by atoms with Crippen molar-refractivity contribution < 1.29 is 44.2 Å². The van der Waals surface area contributed by atoms with E-state index in [1.807, 2.05) is 0 Å². The Kier molecular flexibility index (Phi) is 10.9. The number of ether oxygens (including phenoxy) is 2. The summed E-state index contributed by atoms with van der Waals surface area (Å²) in [5, 5.41) is 6.41. The molecule has 2 N–H and O–H groups in total. The van der Waals surface area contributed by atoms with Crippen molar-refractivity contribution in [1.82, 2.24) is 20.4 Å². The van der Waals surface area contributed by atoms with Crippen LogP contribution in [-0.4, -0.2) is 70.6 Å². The fraction of sp³-hybridized carbons (Fsp3) is 0.333. The number of hydrogen-bond acceptors (Lipinski definition) is 8. The second-order valence-electron chi connectivity index (χ2n) is 12.4. The van der Waals surface area contributed by atoms with Gasteiger partial charge in [0, 0.05) is 65.4 Å². The lowest BCUT2D eigenvalue weighted by Crippen LogP contribution is -2.42. The molecule has 0 aliphatic carbocycles. The number of hydrogen-bond donors (Lipinski definition) is 2. The summed E-state index contributed by atoms with van der Waals surface area (Å²) >= 11 is 0. The Bertz CT molecular complexity index is 1780. The number of piperazine rings is 2. The van der Waals surface area contributed by atoms with E-state index in [0.29, 0.717) is 24.2 Å². The average molecular weight is 735 g/mol. The topological polar surface area (TPSA) is 83.1 Å². The number of nitrogens with zero attached hydrogens (tertiary/aromatic N) is 2. The van der Waals surface area contributed by atoms with Gasteiger partial charge in [0.1, 0.15) is 23.0 Å². The number of nitrogens with one attached hydrogen (secondary N) is 2. The van der Waals surface area contributed by atoms with Gasteiger partial charge >= 0.3 is 12.4 Å². The molecule has 4 aromatic carbocycles. The standard InChI is InChI=1S/C36H36F6N4O4S/c37-35(38,39)31-21-25(23-45-17-13-43-14-18-45)1-11-33(31)49-27-3-7-29(8-4-27)51(47,48)30-9-5-28(6-10-30)50-34-12-2-26(22-32(34)36(40,41)42)24-46-19-15-44-16-20-46/h1-12,21-22,43-44H,13-20,23-24H2. The van der Waals surface area contributed by atoms with Crippen LogP contribution in [0.1, 0.15) is 22.3 Å². The molecule has 2 aliphatic rings. The van der Waals surface area contributed by atoms with Crippen molar-refractivity contribution in [3.05, 3.63) is 107 Å². The van der Waals surface area contributed by atoms with Crippen LogP contribution in [0.2, 0.25) is 0 Å². The van der Waals surface area contributed by atoms with Crippen molar-refractivity contribution in [2.45, 2.75) is 35.2 Å². The third-order valence-electron chi connectivity index (χ3n) is 8.65. The van der Waals surface area contributed by atoms with E-state index in [9.17, 15) is 34.8 Å². The molecular formula is C36H36F6N4O4S. The van der Waals surface area contributed by atoms with Crippen molar-refractivity contribution in [2.24, 2.45) is 0 Å². The van der Waals surface area contributed by atoms with Gasteiger partial charge in [-0.25, -0.2) is 8.42 Å². The molecule has 0 radical (unpaired) electrons. The Morgan fingerprint density at radius 3 is 1.24 bits per heavy atom. The first kappa shape index (κ1) is 36.6.